The summed E-state index contributed by atoms with van der Waals surface area (Å²) in [6, 6.07) is 3.49. The van der Waals surface area contributed by atoms with Gasteiger partial charge in [-0.1, -0.05) is 0 Å². The molecule has 0 bridgehead atoms. The summed E-state index contributed by atoms with van der Waals surface area (Å²) in [6.07, 6.45) is 7.07. The highest BCUT2D eigenvalue weighted by atomic mass is 32.1. The fourth-order valence-corrected chi connectivity index (χ4v) is 4.62. The van der Waals surface area contributed by atoms with Crippen LogP contribution in [0.4, 0.5) is 0 Å². The standard InChI is InChI=1S/C18H20N4O2S/c23-16(14-3-7-19-8-4-14)21-9-1-5-18(12-21)6-2-10-22(18)17(24)15-11-25-13-20-15/h3-4,7-8,11,13H,1-2,5-6,9-10,12H2. The summed E-state index contributed by atoms with van der Waals surface area (Å²) in [5.41, 5.74) is 2.61. The first-order valence-corrected chi connectivity index (χ1v) is 9.53. The van der Waals surface area contributed by atoms with Gasteiger partial charge in [-0.3, -0.25) is 14.6 Å². The van der Waals surface area contributed by atoms with E-state index in [1.807, 2.05) is 9.80 Å². The first-order chi connectivity index (χ1) is 12.2. The van der Waals surface area contributed by atoms with Crippen molar-refractivity contribution in [2.45, 2.75) is 31.2 Å². The van der Waals surface area contributed by atoms with Crippen LogP contribution in [0.25, 0.3) is 0 Å². The highest BCUT2D eigenvalue weighted by Crippen LogP contribution is 2.38. The molecule has 2 aliphatic heterocycles. The van der Waals surface area contributed by atoms with Crippen LogP contribution in [-0.2, 0) is 0 Å². The van der Waals surface area contributed by atoms with Gasteiger partial charge in [0.2, 0.25) is 0 Å². The fourth-order valence-electron chi connectivity index (χ4n) is 4.10. The predicted molar refractivity (Wildman–Crippen MR) is 94.5 cm³/mol. The Labute approximate surface area is 150 Å². The molecule has 0 N–H and O–H groups in total. The number of carbonyl (C=O) groups excluding carboxylic acids is 2. The second-order valence-corrected chi connectivity index (χ2v) is 7.44. The lowest BCUT2D eigenvalue weighted by Gasteiger charge is -2.45. The van der Waals surface area contributed by atoms with Crippen LogP contribution in [0.3, 0.4) is 0 Å². The monoisotopic (exact) mass is 356 g/mol. The van der Waals surface area contributed by atoms with E-state index in [1.54, 1.807) is 35.4 Å². The van der Waals surface area contributed by atoms with E-state index in [1.165, 1.54) is 11.3 Å². The second kappa shape index (κ2) is 6.55. The van der Waals surface area contributed by atoms with Crippen LogP contribution in [0.5, 0.6) is 0 Å². The van der Waals surface area contributed by atoms with Crippen LogP contribution in [0.1, 0.15) is 46.5 Å². The maximum Gasteiger partial charge on any atom is 0.273 e. The first-order valence-electron chi connectivity index (χ1n) is 8.59. The zero-order valence-corrected chi connectivity index (χ0v) is 14.7. The minimum Gasteiger partial charge on any atom is -0.336 e. The van der Waals surface area contributed by atoms with E-state index >= 15 is 0 Å². The van der Waals surface area contributed by atoms with E-state index in [4.69, 9.17) is 0 Å². The Morgan fingerprint density at radius 1 is 1.08 bits per heavy atom. The van der Waals surface area contributed by atoms with E-state index < -0.39 is 0 Å². The average Bonchev–Trinajstić information content (AvgIpc) is 3.32. The third kappa shape index (κ3) is 2.93. The fraction of sp³-hybridized carbons (Fsp3) is 0.444. The lowest BCUT2D eigenvalue weighted by molar-refractivity contribution is 0.0271. The molecular formula is C18H20N4O2S. The number of aromatic nitrogens is 2. The number of rotatable bonds is 2. The molecule has 1 unspecified atom stereocenters. The quantitative estimate of drug-likeness (QED) is 0.829. The molecule has 130 valence electrons. The number of hydrogen-bond acceptors (Lipinski definition) is 5. The van der Waals surface area contributed by atoms with Crippen molar-refractivity contribution in [3.8, 4) is 0 Å². The Balaban J connectivity index is 1.56. The van der Waals surface area contributed by atoms with Crippen LogP contribution < -0.4 is 0 Å². The van der Waals surface area contributed by atoms with E-state index in [2.05, 4.69) is 9.97 Å². The van der Waals surface area contributed by atoms with Gasteiger partial charge in [0, 0.05) is 43.0 Å². The Kier molecular flexibility index (Phi) is 4.25. The maximum absolute atomic E-state index is 12.9. The first kappa shape index (κ1) is 16.2. The SMILES string of the molecule is O=C(c1ccncc1)N1CCCC2(CCCN2C(=O)c2cscn2)C1. The van der Waals surface area contributed by atoms with Crippen LogP contribution in [-0.4, -0.2) is 56.8 Å². The molecule has 2 amide bonds. The lowest BCUT2D eigenvalue weighted by Crippen LogP contribution is -2.58. The molecule has 0 aromatic carbocycles. The Morgan fingerprint density at radius 3 is 2.56 bits per heavy atom. The van der Waals surface area contributed by atoms with Gasteiger partial charge in [-0.15, -0.1) is 11.3 Å². The van der Waals surface area contributed by atoms with Crippen molar-refractivity contribution in [3.05, 3.63) is 46.7 Å². The molecule has 6 nitrogen and oxygen atoms in total. The molecule has 0 radical (unpaired) electrons. The molecule has 1 atom stereocenters. The number of piperidine rings is 1. The number of nitrogens with zero attached hydrogens (tertiary/aromatic N) is 4. The topological polar surface area (TPSA) is 66.4 Å². The zero-order valence-electron chi connectivity index (χ0n) is 13.9. The number of thiazole rings is 1. The summed E-state index contributed by atoms with van der Waals surface area (Å²) in [5, 5.41) is 1.80. The van der Waals surface area contributed by atoms with E-state index in [0.717, 1.165) is 38.8 Å². The minimum atomic E-state index is -0.248. The zero-order chi connectivity index (χ0) is 17.3. The van der Waals surface area contributed by atoms with Crippen LogP contribution in [0.15, 0.2) is 35.4 Å². The van der Waals surface area contributed by atoms with E-state index in [0.29, 0.717) is 17.8 Å². The minimum absolute atomic E-state index is 0.00281. The Hall–Kier alpha value is -2.28. The number of carbonyl (C=O) groups is 2. The smallest absolute Gasteiger partial charge is 0.273 e. The number of amides is 2. The second-order valence-electron chi connectivity index (χ2n) is 6.72. The average molecular weight is 356 g/mol. The molecule has 4 heterocycles. The van der Waals surface area contributed by atoms with Gasteiger partial charge < -0.3 is 9.80 Å². The van der Waals surface area contributed by atoms with Gasteiger partial charge in [0.05, 0.1) is 11.0 Å². The summed E-state index contributed by atoms with van der Waals surface area (Å²) < 4.78 is 0. The van der Waals surface area contributed by atoms with Gasteiger partial charge in [-0.25, -0.2) is 4.98 Å². The van der Waals surface area contributed by atoms with Crippen molar-refractivity contribution in [3.63, 3.8) is 0 Å². The number of likely N-dealkylation sites (tertiary alicyclic amines) is 2. The molecule has 7 heteroatoms. The van der Waals surface area contributed by atoms with Gasteiger partial charge >= 0.3 is 0 Å². The van der Waals surface area contributed by atoms with Gasteiger partial charge in [0.15, 0.2) is 0 Å². The van der Waals surface area contributed by atoms with E-state index in [9.17, 15) is 9.59 Å². The van der Waals surface area contributed by atoms with Gasteiger partial charge in [0.25, 0.3) is 11.8 Å². The van der Waals surface area contributed by atoms with Gasteiger partial charge in [-0.05, 0) is 37.8 Å². The molecule has 25 heavy (non-hydrogen) atoms. The van der Waals surface area contributed by atoms with Crippen molar-refractivity contribution < 1.29 is 9.59 Å². The molecule has 0 aliphatic carbocycles. The summed E-state index contributed by atoms with van der Waals surface area (Å²) in [4.78, 5) is 37.7. The summed E-state index contributed by atoms with van der Waals surface area (Å²) in [7, 11) is 0. The normalized spacial score (nSPS) is 23.2. The maximum atomic E-state index is 12.9. The van der Waals surface area contributed by atoms with E-state index in [-0.39, 0.29) is 17.4 Å². The van der Waals surface area contributed by atoms with Crippen LogP contribution in [0, 0.1) is 0 Å². The van der Waals surface area contributed by atoms with Gasteiger partial charge in [-0.2, -0.15) is 0 Å². The van der Waals surface area contributed by atoms with Crippen molar-refractivity contribution in [1.29, 1.82) is 0 Å². The molecule has 2 aromatic heterocycles. The predicted octanol–water partition coefficient (Wildman–Crippen LogP) is 2.45. The highest BCUT2D eigenvalue weighted by molar-refractivity contribution is 7.07. The molecule has 2 aliphatic rings. The highest BCUT2D eigenvalue weighted by Gasteiger charge is 2.47. The number of hydrogen-bond donors (Lipinski definition) is 0. The molecule has 2 aromatic rings. The lowest BCUT2D eigenvalue weighted by atomic mass is 9.86. The van der Waals surface area contributed by atoms with Crippen LogP contribution in [0.2, 0.25) is 0 Å². The van der Waals surface area contributed by atoms with Crippen molar-refractivity contribution >= 4 is 23.2 Å². The Morgan fingerprint density at radius 2 is 1.84 bits per heavy atom. The van der Waals surface area contributed by atoms with Crippen molar-refractivity contribution in [2.75, 3.05) is 19.6 Å². The molecule has 1 spiro atoms. The van der Waals surface area contributed by atoms with Gasteiger partial charge in [0.1, 0.15) is 5.69 Å². The molecule has 2 saturated heterocycles. The van der Waals surface area contributed by atoms with Crippen molar-refractivity contribution in [2.24, 2.45) is 0 Å². The summed E-state index contributed by atoms with van der Waals surface area (Å²) in [6.45, 7) is 2.08. The molecular weight excluding hydrogens is 336 g/mol. The molecule has 2 fully saturated rings. The number of pyridine rings is 1. The molecule has 4 rings (SSSR count). The van der Waals surface area contributed by atoms with Crippen molar-refractivity contribution in [1.82, 2.24) is 19.8 Å². The Bertz CT molecular complexity index is 765. The summed E-state index contributed by atoms with van der Waals surface area (Å²) >= 11 is 1.44. The summed E-state index contributed by atoms with van der Waals surface area (Å²) in [5.74, 6) is 0.0198. The largest absolute Gasteiger partial charge is 0.336 e. The molecule has 0 saturated carbocycles. The van der Waals surface area contributed by atoms with Crippen LogP contribution >= 0.6 is 11.3 Å². The third-order valence-corrected chi connectivity index (χ3v) is 5.85. The third-order valence-electron chi connectivity index (χ3n) is 5.26.